The van der Waals surface area contributed by atoms with Crippen LogP contribution >= 0.6 is 0 Å². The first-order chi connectivity index (χ1) is 13.8. The highest BCUT2D eigenvalue weighted by molar-refractivity contribution is 5.99. The van der Waals surface area contributed by atoms with E-state index in [1.807, 2.05) is 25.1 Å². The van der Waals surface area contributed by atoms with Crippen molar-refractivity contribution in [3.8, 4) is 11.5 Å². The van der Waals surface area contributed by atoms with Crippen LogP contribution in [0.1, 0.15) is 43.4 Å². The Balaban J connectivity index is 1.92. The van der Waals surface area contributed by atoms with Gasteiger partial charge in [-0.25, -0.2) is 5.43 Å². The van der Waals surface area contributed by atoms with E-state index >= 15 is 0 Å². The van der Waals surface area contributed by atoms with Crippen LogP contribution in [0.25, 0.3) is 0 Å². The summed E-state index contributed by atoms with van der Waals surface area (Å²) in [5.74, 6) is -0.268. The molecule has 0 saturated heterocycles. The van der Waals surface area contributed by atoms with Crippen LogP contribution in [0.3, 0.4) is 0 Å². The van der Waals surface area contributed by atoms with Gasteiger partial charge in [0.05, 0.1) is 11.7 Å². The summed E-state index contributed by atoms with van der Waals surface area (Å²) >= 11 is 0. The van der Waals surface area contributed by atoms with Crippen LogP contribution in [0, 0.1) is 6.92 Å². The van der Waals surface area contributed by atoms with E-state index in [1.54, 1.807) is 31.2 Å². The molecule has 1 amide bonds. The molecule has 2 aromatic carbocycles. The van der Waals surface area contributed by atoms with Gasteiger partial charge in [0.1, 0.15) is 18.1 Å². The smallest absolute Gasteiger partial charge is 0.277 e. The van der Waals surface area contributed by atoms with Crippen molar-refractivity contribution in [3.05, 3.63) is 59.2 Å². The van der Waals surface area contributed by atoms with E-state index in [2.05, 4.69) is 24.4 Å². The van der Waals surface area contributed by atoms with E-state index in [0.29, 0.717) is 17.2 Å². The lowest BCUT2D eigenvalue weighted by molar-refractivity contribution is -0.307. The quantitative estimate of drug-likeness (QED) is 0.516. The number of nitrogens with one attached hydrogen (secondary N) is 1. The van der Waals surface area contributed by atoms with E-state index in [0.717, 1.165) is 16.7 Å². The van der Waals surface area contributed by atoms with E-state index < -0.39 is 12.6 Å². The average molecular weight is 397 g/mol. The third kappa shape index (κ3) is 6.95. The molecule has 0 aliphatic carbocycles. The van der Waals surface area contributed by atoms with Gasteiger partial charge in [-0.1, -0.05) is 26.0 Å². The van der Waals surface area contributed by atoms with Gasteiger partial charge in [-0.3, -0.25) is 4.79 Å². The number of carboxylic acids is 1. The molecule has 0 unspecified atom stereocenters. The van der Waals surface area contributed by atoms with Crippen molar-refractivity contribution in [2.24, 2.45) is 5.10 Å². The van der Waals surface area contributed by atoms with E-state index in [1.165, 1.54) is 0 Å². The molecule has 0 aromatic heterocycles. The third-order valence-electron chi connectivity index (χ3n) is 4.13. The van der Waals surface area contributed by atoms with E-state index in [-0.39, 0.29) is 18.4 Å². The summed E-state index contributed by atoms with van der Waals surface area (Å²) < 4.78 is 10.7. The Morgan fingerprint density at radius 3 is 2.38 bits per heavy atom. The van der Waals surface area contributed by atoms with Gasteiger partial charge in [-0.05, 0) is 66.8 Å². The zero-order valence-corrected chi connectivity index (χ0v) is 17.0. The lowest BCUT2D eigenvalue weighted by atomic mass is 10.0. The molecule has 29 heavy (non-hydrogen) atoms. The van der Waals surface area contributed by atoms with E-state index in [4.69, 9.17) is 9.47 Å². The maximum Gasteiger partial charge on any atom is 0.277 e. The van der Waals surface area contributed by atoms with Crippen molar-refractivity contribution in [2.75, 3.05) is 13.2 Å². The maximum atomic E-state index is 12.1. The topological polar surface area (TPSA) is 100 Å². The number of carbonyl (C=O) groups is 2. The minimum atomic E-state index is -1.29. The van der Waals surface area contributed by atoms with Gasteiger partial charge < -0.3 is 19.4 Å². The lowest BCUT2D eigenvalue weighted by Crippen LogP contribution is -2.28. The Kier molecular flexibility index (Phi) is 7.77. The minimum absolute atomic E-state index is 0.143. The summed E-state index contributed by atoms with van der Waals surface area (Å²) in [6, 6.07) is 12.6. The fraction of sp³-hybridized carbons (Fsp3) is 0.318. The van der Waals surface area contributed by atoms with Crippen molar-refractivity contribution < 1.29 is 24.2 Å². The van der Waals surface area contributed by atoms with Gasteiger partial charge in [0, 0.05) is 0 Å². The number of rotatable bonds is 9. The number of carbonyl (C=O) groups excluding carboxylic acids is 2. The van der Waals surface area contributed by atoms with Gasteiger partial charge in [-0.15, -0.1) is 0 Å². The van der Waals surface area contributed by atoms with Gasteiger partial charge >= 0.3 is 0 Å². The molecule has 7 heteroatoms. The molecule has 0 heterocycles. The summed E-state index contributed by atoms with van der Waals surface area (Å²) in [5, 5.41) is 14.5. The van der Waals surface area contributed by atoms with Crippen molar-refractivity contribution in [1.82, 2.24) is 5.43 Å². The number of aliphatic carboxylic acids is 1. The van der Waals surface area contributed by atoms with Crippen molar-refractivity contribution in [3.63, 3.8) is 0 Å². The number of ether oxygens (including phenoxy) is 2. The normalized spacial score (nSPS) is 11.3. The fourth-order valence-corrected chi connectivity index (χ4v) is 2.56. The van der Waals surface area contributed by atoms with Crippen LogP contribution in [0.15, 0.2) is 47.6 Å². The molecule has 154 valence electrons. The second-order valence-corrected chi connectivity index (χ2v) is 6.90. The number of hydrogen-bond donors (Lipinski definition) is 1. The summed E-state index contributed by atoms with van der Waals surface area (Å²) in [7, 11) is 0. The lowest BCUT2D eigenvalue weighted by Gasteiger charge is -2.14. The van der Waals surface area contributed by atoms with Gasteiger partial charge in [0.2, 0.25) is 0 Å². The number of benzene rings is 2. The van der Waals surface area contributed by atoms with Gasteiger partial charge in [0.15, 0.2) is 6.61 Å². The minimum Gasteiger partial charge on any atom is -0.546 e. The first-order valence-corrected chi connectivity index (χ1v) is 9.26. The average Bonchev–Trinajstić information content (AvgIpc) is 2.69. The zero-order valence-electron chi connectivity index (χ0n) is 17.0. The molecule has 0 aliphatic rings. The largest absolute Gasteiger partial charge is 0.546 e. The van der Waals surface area contributed by atoms with Crippen LogP contribution in [-0.2, 0) is 9.59 Å². The standard InChI is InChI=1S/C22H26N2O5/c1-14(2)19-10-5-15(3)11-20(19)29-12-21(25)24-23-16(4)17-6-8-18(9-7-17)28-13-22(26)27/h5-11,14H,12-13H2,1-4H3,(H,24,25)(H,26,27)/p-1/b23-16-. The first-order valence-electron chi connectivity index (χ1n) is 9.26. The highest BCUT2D eigenvalue weighted by Crippen LogP contribution is 2.27. The van der Waals surface area contributed by atoms with E-state index in [9.17, 15) is 14.7 Å². The summed E-state index contributed by atoms with van der Waals surface area (Å²) in [5.41, 5.74) is 5.93. The predicted molar refractivity (Wildman–Crippen MR) is 108 cm³/mol. The molecule has 0 spiro atoms. The number of hydrazone groups is 1. The molecular weight excluding hydrogens is 372 g/mol. The summed E-state index contributed by atoms with van der Waals surface area (Å²) in [4.78, 5) is 22.5. The molecular formula is C22H25N2O5-. The van der Waals surface area contributed by atoms with Crippen LogP contribution in [0.2, 0.25) is 0 Å². The number of carboxylic acid groups (broad SMARTS) is 1. The van der Waals surface area contributed by atoms with Gasteiger partial charge in [-0.2, -0.15) is 5.10 Å². The molecule has 0 radical (unpaired) electrons. The van der Waals surface area contributed by atoms with Crippen LogP contribution < -0.4 is 20.0 Å². The molecule has 7 nitrogen and oxygen atoms in total. The third-order valence-corrected chi connectivity index (χ3v) is 4.13. The van der Waals surface area contributed by atoms with Gasteiger partial charge in [0.25, 0.3) is 5.91 Å². The molecule has 1 N–H and O–H groups in total. The fourth-order valence-electron chi connectivity index (χ4n) is 2.56. The maximum absolute atomic E-state index is 12.1. The summed E-state index contributed by atoms with van der Waals surface area (Å²) in [6.07, 6.45) is 0. The van der Waals surface area contributed by atoms with Crippen molar-refractivity contribution >= 4 is 17.6 Å². The van der Waals surface area contributed by atoms with Crippen molar-refractivity contribution in [2.45, 2.75) is 33.6 Å². The molecule has 0 atom stereocenters. The molecule has 0 saturated carbocycles. The Labute approximate surface area is 170 Å². The molecule has 0 aliphatic heterocycles. The Morgan fingerprint density at radius 2 is 1.76 bits per heavy atom. The van der Waals surface area contributed by atoms with Crippen molar-refractivity contribution in [1.29, 1.82) is 0 Å². The summed E-state index contributed by atoms with van der Waals surface area (Å²) in [6.45, 7) is 7.20. The Hall–Kier alpha value is -3.35. The second-order valence-electron chi connectivity index (χ2n) is 6.90. The highest BCUT2D eigenvalue weighted by Gasteiger charge is 2.10. The molecule has 0 bridgehead atoms. The number of hydrogen-bond acceptors (Lipinski definition) is 6. The Bertz CT molecular complexity index is 889. The van der Waals surface area contributed by atoms with Crippen LogP contribution in [-0.4, -0.2) is 30.8 Å². The number of aryl methyl sites for hydroxylation is 1. The zero-order chi connectivity index (χ0) is 21.4. The number of nitrogens with zero attached hydrogens (tertiary/aromatic N) is 1. The number of amides is 1. The predicted octanol–water partition coefficient (Wildman–Crippen LogP) is 2.17. The molecule has 2 rings (SSSR count). The monoisotopic (exact) mass is 397 g/mol. The molecule has 0 fully saturated rings. The highest BCUT2D eigenvalue weighted by atomic mass is 16.5. The Morgan fingerprint density at radius 1 is 1.07 bits per heavy atom. The molecule has 2 aromatic rings. The second kappa shape index (κ2) is 10.3. The van der Waals surface area contributed by atoms with Crippen LogP contribution in [0.4, 0.5) is 0 Å². The SMILES string of the molecule is C/C(=N/NC(=O)COc1cc(C)ccc1C(C)C)c1ccc(OCC(=O)[O-])cc1. The van der Waals surface area contributed by atoms with Crippen LogP contribution in [0.5, 0.6) is 11.5 Å². The first kappa shape index (κ1) is 21.9.